The Labute approximate surface area is 99.0 Å². The van der Waals surface area contributed by atoms with E-state index >= 15 is 0 Å². The molecule has 1 fully saturated rings. The van der Waals surface area contributed by atoms with Crippen molar-refractivity contribution in [2.45, 2.75) is 57.8 Å². The third kappa shape index (κ3) is 2.78. The van der Waals surface area contributed by atoms with E-state index in [2.05, 4.69) is 25.1 Å². The zero-order valence-corrected chi connectivity index (χ0v) is 10.3. The van der Waals surface area contributed by atoms with E-state index in [1.807, 2.05) is 0 Å². The van der Waals surface area contributed by atoms with Crippen molar-refractivity contribution in [3.05, 3.63) is 29.3 Å². The highest BCUT2D eigenvalue weighted by Crippen LogP contribution is 2.32. The third-order valence-electron chi connectivity index (χ3n) is 3.88. The Kier molecular flexibility index (Phi) is 3.87. The van der Waals surface area contributed by atoms with E-state index in [1.54, 1.807) is 0 Å². The number of nitrogen functional groups attached to an aromatic ring is 1. The van der Waals surface area contributed by atoms with Crippen LogP contribution in [0.15, 0.2) is 18.2 Å². The molecular weight excluding hydrogens is 194 g/mol. The summed E-state index contributed by atoms with van der Waals surface area (Å²) < 4.78 is 0. The summed E-state index contributed by atoms with van der Waals surface area (Å²) in [4.78, 5) is 0. The van der Waals surface area contributed by atoms with Gasteiger partial charge in [-0.05, 0) is 42.9 Å². The molecule has 0 bridgehead atoms. The Morgan fingerprint density at radius 1 is 1.00 bits per heavy atom. The van der Waals surface area contributed by atoms with Crippen LogP contribution in [0.3, 0.4) is 0 Å². The molecule has 0 radical (unpaired) electrons. The highest BCUT2D eigenvalue weighted by molar-refractivity contribution is 5.49. The molecule has 1 aliphatic carbocycles. The van der Waals surface area contributed by atoms with E-state index in [4.69, 9.17) is 5.73 Å². The molecule has 0 atom stereocenters. The molecular formula is C15H23N. The van der Waals surface area contributed by atoms with Gasteiger partial charge >= 0.3 is 0 Å². The Hall–Kier alpha value is -0.980. The van der Waals surface area contributed by atoms with Gasteiger partial charge in [-0.1, -0.05) is 44.2 Å². The SMILES string of the molecule is Cc1ccc(C2CCCCCCC2)cc1N. The van der Waals surface area contributed by atoms with Crippen LogP contribution in [0.1, 0.15) is 62.0 Å². The first-order valence-corrected chi connectivity index (χ1v) is 6.63. The van der Waals surface area contributed by atoms with Gasteiger partial charge in [0.15, 0.2) is 0 Å². The Morgan fingerprint density at radius 2 is 1.62 bits per heavy atom. The molecule has 16 heavy (non-hydrogen) atoms. The Bertz CT molecular complexity index is 335. The summed E-state index contributed by atoms with van der Waals surface area (Å²) in [6.45, 7) is 2.08. The second-order valence-corrected chi connectivity index (χ2v) is 5.16. The quantitative estimate of drug-likeness (QED) is 0.693. The van der Waals surface area contributed by atoms with Crippen LogP contribution in [0, 0.1) is 6.92 Å². The average Bonchev–Trinajstić information content (AvgIpc) is 2.22. The number of benzene rings is 1. The van der Waals surface area contributed by atoms with Gasteiger partial charge in [-0.25, -0.2) is 0 Å². The number of aryl methyl sites for hydroxylation is 1. The molecule has 1 nitrogen and oxygen atoms in total. The van der Waals surface area contributed by atoms with E-state index in [0.29, 0.717) is 0 Å². The summed E-state index contributed by atoms with van der Waals surface area (Å²) in [7, 11) is 0. The fourth-order valence-corrected chi connectivity index (χ4v) is 2.70. The minimum Gasteiger partial charge on any atom is -0.399 e. The van der Waals surface area contributed by atoms with Crippen LogP contribution >= 0.6 is 0 Å². The molecule has 1 heteroatoms. The van der Waals surface area contributed by atoms with E-state index < -0.39 is 0 Å². The molecule has 1 aliphatic rings. The van der Waals surface area contributed by atoms with Gasteiger partial charge in [0.1, 0.15) is 0 Å². The monoisotopic (exact) mass is 217 g/mol. The smallest absolute Gasteiger partial charge is 0.0346 e. The summed E-state index contributed by atoms with van der Waals surface area (Å²) in [5, 5.41) is 0. The third-order valence-corrected chi connectivity index (χ3v) is 3.88. The molecule has 0 unspecified atom stereocenters. The fourth-order valence-electron chi connectivity index (χ4n) is 2.70. The summed E-state index contributed by atoms with van der Waals surface area (Å²) in [6.07, 6.45) is 9.74. The van der Waals surface area contributed by atoms with E-state index in [9.17, 15) is 0 Å². The lowest BCUT2D eigenvalue weighted by atomic mass is 9.85. The van der Waals surface area contributed by atoms with Crippen molar-refractivity contribution in [2.24, 2.45) is 0 Å². The van der Waals surface area contributed by atoms with E-state index in [-0.39, 0.29) is 0 Å². The molecule has 2 N–H and O–H groups in total. The first-order chi connectivity index (χ1) is 7.77. The maximum absolute atomic E-state index is 6.00. The van der Waals surface area contributed by atoms with Crippen LogP contribution in [-0.2, 0) is 0 Å². The van der Waals surface area contributed by atoms with Crippen LogP contribution in [-0.4, -0.2) is 0 Å². The van der Waals surface area contributed by atoms with Gasteiger partial charge in [-0.3, -0.25) is 0 Å². The molecule has 1 aromatic rings. The minimum absolute atomic E-state index is 0.753. The van der Waals surface area contributed by atoms with E-state index in [0.717, 1.165) is 11.6 Å². The van der Waals surface area contributed by atoms with Crippen molar-refractivity contribution in [2.75, 3.05) is 5.73 Å². The standard InChI is InChI=1S/C15H23N/c1-12-9-10-14(11-15(12)16)13-7-5-3-2-4-6-8-13/h9-11,13H,2-8,16H2,1H3. The highest BCUT2D eigenvalue weighted by atomic mass is 14.6. The van der Waals surface area contributed by atoms with Crippen molar-refractivity contribution in [1.82, 2.24) is 0 Å². The second-order valence-electron chi connectivity index (χ2n) is 5.16. The molecule has 0 heterocycles. The van der Waals surface area contributed by atoms with Gasteiger partial charge in [0.05, 0.1) is 0 Å². The molecule has 0 saturated heterocycles. The van der Waals surface area contributed by atoms with Gasteiger partial charge in [0, 0.05) is 5.69 Å². The molecule has 1 saturated carbocycles. The van der Waals surface area contributed by atoms with Crippen molar-refractivity contribution in [3.8, 4) is 0 Å². The Morgan fingerprint density at radius 3 is 2.25 bits per heavy atom. The summed E-state index contributed by atoms with van der Waals surface area (Å²) in [5.41, 5.74) is 9.62. The number of nitrogens with two attached hydrogens (primary N) is 1. The number of hydrogen-bond acceptors (Lipinski definition) is 1. The minimum atomic E-state index is 0.753. The van der Waals surface area contributed by atoms with Crippen LogP contribution in [0.25, 0.3) is 0 Å². The van der Waals surface area contributed by atoms with Crippen LogP contribution in [0.4, 0.5) is 5.69 Å². The zero-order chi connectivity index (χ0) is 11.4. The molecule has 0 spiro atoms. The lowest BCUT2D eigenvalue weighted by Crippen LogP contribution is -2.03. The van der Waals surface area contributed by atoms with Crippen molar-refractivity contribution >= 4 is 5.69 Å². The molecule has 2 rings (SSSR count). The predicted molar refractivity (Wildman–Crippen MR) is 70.7 cm³/mol. The lowest BCUT2D eigenvalue weighted by molar-refractivity contribution is 0.455. The van der Waals surface area contributed by atoms with Crippen LogP contribution in [0.5, 0.6) is 0 Å². The van der Waals surface area contributed by atoms with E-state index in [1.165, 1.54) is 56.1 Å². The molecule has 0 aromatic heterocycles. The topological polar surface area (TPSA) is 26.0 Å². The van der Waals surface area contributed by atoms with Crippen molar-refractivity contribution in [3.63, 3.8) is 0 Å². The number of rotatable bonds is 1. The van der Waals surface area contributed by atoms with Crippen molar-refractivity contribution in [1.29, 1.82) is 0 Å². The maximum atomic E-state index is 6.00. The fraction of sp³-hybridized carbons (Fsp3) is 0.600. The van der Waals surface area contributed by atoms with Crippen molar-refractivity contribution < 1.29 is 0 Å². The van der Waals surface area contributed by atoms with Gasteiger partial charge in [-0.15, -0.1) is 0 Å². The first kappa shape index (κ1) is 11.5. The van der Waals surface area contributed by atoms with Crippen LogP contribution < -0.4 is 5.73 Å². The van der Waals surface area contributed by atoms with Crippen LogP contribution in [0.2, 0.25) is 0 Å². The molecule has 1 aromatic carbocycles. The first-order valence-electron chi connectivity index (χ1n) is 6.63. The normalized spacial score (nSPS) is 19.1. The molecule has 0 aliphatic heterocycles. The maximum Gasteiger partial charge on any atom is 0.0346 e. The van der Waals surface area contributed by atoms with Gasteiger partial charge in [0.25, 0.3) is 0 Å². The summed E-state index contributed by atoms with van der Waals surface area (Å²) >= 11 is 0. The molecule has 0 amide bonds. The number of hydrogen-bond donors (Lipinski definition) is 1. The largest absolute Gasteiger partial charge is 0.399 e. The zero-order valence-electron chi connectivity index (χ0n) is 10.3. The molecule has 88 valence electrons. The van der Waals surface area contributed by atoms with Gasteiger partial charge in [0.2, 0.25) is 0 Å². The Balaban J connectivity index is 2.11. The second kappa shape index (κ2) is 5.38. The number of anilines is 1. The predicted octanol–water partition coefficient (Wildman–Crippen LogP) is 4.41. The summed E-state index contributed by atoms with van der Waals surface area (Å²) in [5.74, 6) is 0.753. The average molecular weight is 217 g/mol. The highest BCUT2D eigenvalue weighted by Gasteiger charge is 2.13. The van der Waals surface area contributed by atoms with Gasteiger partial charge < -0.3 is 5.73 Å². The summed E-state index contributed by atoms with van der Waals surface area (Å²) in [6, 6.07) is 6.64. The lowest BCUT2D eigenvalue weighted by Gasteiger charge is -2.20. The van der Waals surface area contributed by atoms with Gasteiger partial charge in [-0.2, -0.15) is 0 Å².